The van der Waals surface area contributed by atoms with Crippen molar-refractivity contribution >= 4 is 38.9 Å². The number of anilines is 4. The molecule has 3 N–H and O–H groups in total. The normalized spacial score (nSPS) is 19.9. The van der Waals surface area contributed by atoms with E-state index in [1.807, 2.05) is 6.07 Å². The minimum Gasteiger partial charge on any atom is -0.489 e. The van der Waals surface area contributed by atoms with E-state index in [1.165, 1.54) is 12.8 Å². The van der Waals surface area contributed by atoms with Crippen LogP contribution < -0.4 is 24.6 Å². The Bertz CT molecular complexity index is 1350. The number of piperidine rings is 1. The summed E-state index contributed by atoms with van der Waals surface area (Å²) in [7, 11) is -3.70. The monoisotopic (exact) mass is 557 g/mol. The van der Waals surface area contributed by atoms with E-state index < -0.39 is 22.4 Å². The number of sulfonamides is 1. The van der Waals surface area contributed by atoms with Crippen molar-refractivity contribution < 1.29 is 27.8 Å². The zero-order valence-corrected chi connectivity index (χ0v) is 22.8. The summed E-state index contributed by atoms with van der Waals surface area (Å²) in [6, 6.07) is 6.84. The van der Waals surface area contributed by atoms with Crippen LogP contribution in [0.1, 0.15) is 41.6 Å². The van der Waals surface area contributed by atoms with Gasteiger partial charge in [-0.15, -0.1) is 0 Å². The average molecular weight is 558 g/mol. The van der Waals surface area contributed by atoms with Crippen LogP contribution in [0.5, 0.6) is 5.75 Å². The third-order valence-electron chi connectivity index (χ3n) is 8.20. The highest BCUT2D eigenvalue weighted by molar-refractivity contribution is 7.92. The van der Waals surface area contributed by atoms with Crippen LogP contribution in [0.2, 0.25) is 0 Å². The van der Waals surface area contributed by atoms with E-state index in [9.17, 15) is 13.2 Å². The van der Waals surface area contributed by atoms with E-state index >= 15 is 0 Å². The fraction of sp³-hybridized carbons (Fsp3) is 0.556. The van der Waals surface area contributed by atoms with Crippen molar-refractivity contribution in [3.05, 3.63) is 35.4 Å². The molecule has 1 saturated carbocycles. The van der Waals surface area contributed by atoms with Crippen LogP contribution >= 0.6 is 0 Å². The largest absolute Gasteiger partial charge is 0.489 e. The maximum absolute atomic E-state index is 13.7. The Hall–Kier alpha value is -3.09. The zero-order valence-electron chi connectivity index (χ0n) is 21.9. The van der Waals surface area contributed by atoms with Gasteiger partial charge in [0.2, 0.25) is 10.0 Å². The highest BCUT2D eigenvalue weighted by atomic mass is 32.2. The van der Waals surface area contributed by atoms with Gasteiger partial charge in [-0.05, 0) is 55.4 Å². The standard InChI is InChI=1S/C27H35N5O6S/c33-12-16-39(35,36)30-20-1-2-21(22(18-20)31-8-6-27(4-5-27)7-9-31)26(34)29-23-17-19-3-13-38-24(19)25(28-23)32-10-14-37-15-11-32/h1-2,17-18,30,33H,3-16H2,(H,28,29,34). The van der Waals surface area contributed by atoms with Crippen LogP contribution in [0, 0.1) is 5.41 Å². The molecular formula is C27H35N5O6S. The zero-order chi connectivity index (χ0) is 27.0. The molecule has 4 aliphatic rings. The minimum absolute atomic E-state index is 0.305. The van der Waals surface area contributed by atoms with Crippen LogP contribution in [0.3, 0.4) is 0 Å². The predicted molar refractivity (Wildman–Crippen MR) is 148 cm³/mol. The van der Waals surface area contributed by atoms with E-state index in [4.69, 9.17) is 19.6 Å². The van der Waals surface area contributed by atoms with Crippen LogP contribution in [0.15, 0.2) is 24.3 Å². The van der Waals surface area contributed by atoms with Crippen molar-refractivity contribution in [3.8, 4) is 5.75 Å². The summed E-state index contributed by atoms with van der Waals surface area (Å²) in [5, 5.41) is 12.1. The number of ether oxygens (including phenoxy) is 2. The number of carbonyl (C=O) groups excluding carboxylic acids is 1. The number of benzene rings is 1. The lowest BCUT2D eigenvalue weighted by molar-refractivity contribution is 0.102. The maximum atomic E-state index is 13.7. The first kappa shape index (κ1) is 26.1. The number of pyridine rings is 1. The van der Waals surface area contributed by atoms with Crippen LogP contribution in [-0.4, -0.2) is 82.8 Å². The van der Waals surface area contributed by atoms with Gasteiger partial charge >= 0.3 is 0 Å². The lowest BCUT2D eigenvalue weighted by Gasteiger charge is -2.35. The van der Waals surface area contributed by atoms with Crippen molar-refractivity contribution in [2.45, 2.75) is 32.1 Å². The van der Waals surface area contributed by atoms with Gasteiger partial charge in [0.1, 0.15) is 5.82 Å². The number of aromatic nitrogens is 1. The number of nitrogens with zero attached hydrogens (tertiary/aromatic N) is 3. The first-order valence-corrected chi connectivity index (χ1v) is 15.3. The highest BCUT2D eigenvalue weighted by Gasteiger charge is 2.44. The number of hydrogen-bond donors (Lipinski definition) is 3. The molecule has 3 aliphatic heterocycles. The SMILES string of the molecule is O=C(Nc1cc2c(c(N3CCOCC3)n1)OCC2)c1ccc(NS(=O)(=O)CCO)cc1N1CCC2(CC1)CC2. The van der Waals surface area contributed by atoms with Gasteiger partial charge in [-0.2, -0.15) is 0 Å². The topological polar surface area (TPSA) is 133 Å². The molecule has 1 amide bonds. The molecule has 12 heteroatoms. The summed E-state index contributed by atoms with van der Waals surface area (Å²) >= 11 is 0. The van der Waals surface area contributed by atoms with E-state index in [1.54, 1.807) is 18.2 Å². The molecule has 6 rings (SSSR count). The Morgan fingerprint density at radius 1 is 1.03 bits per heavy atom. The molecular weight excluding hydrogens is 522 g/mol. The molecule has 3 fully saturated rings. The summed E-state index contributed by atoms with van der Waals surface area (Å²) in [5.74, 6) is 1.26. The summed E-state index contributed by atoms with van der Waals surface area (Å²) in [5.41, 5.74) is 2.97. The first-order valence-electron chi connectivity index (χ1n) is 13.7. The van der Waals surface area contributed by atoms with Gasteiger partial charge in [0.25, 0.3) is 5.91 Å². The third-order valence-corrected chi connectivity index (χ3v) is 9.47. The second-order valence-corrected chi connectivity index (χ2v) is 12.7. The maximum Gasteiger partial charge on any atom is 0.258 e. The fourth-order valence-corrected chi connectivity index (χ4v) is 6.54. The number of carbonyl (C=O) groups is 1. The molecule has 1 spiro atoms. The predicted octanol–water partition coefficient (Wildman–Crippen LogP) is 2.22. The first-order chi connectivity index (χ1) is 18.8. The molecule has 210 valence electrons. The Morgan fingerprint density at radius 3 is 2.51 bits per heavy atom. The van der Waals surface area contributed by atoms with Crippen molar-refractivity contribution in [1.29, 1.82) is 0 Å². The number of fused-ring (bicyclic) bond motifs is 1. The molecule has 11 nitrogen and oxygen atoms in total. The Morgan fingerprint density at radius 2 is 1.79 bits per heavy atom. The van der Waals surface area contributed by atoms with Crippen molar-refractivity contribution in [2.24, 2.45) is 5.41 Å². The van der Waals surface area contributed by atoms with Gasteiger partial charge in [-0.1, -0.05) is 0 Å². The number of hydrogen-bond acceptors (Lipinski definition) is 9. The molecule has 0 radical (unpaired) electrons. The lowest BCUT2D eigenvalue weighted by Crippen LogP contribution is -2.37. The van der Waals surface area contributed by atoms with E-state index in [0.29, 0.717) is 61.1 Å². The van der Waals surface area contributed by atoms with E-state index in [0.717, 1.165) is 49.5 Å². The molecule has 2 aromatic rings. The van der Waals surface area contributed by atoms with Gasteiger partial charge in [0.15, 0.2) is 11.6 Å². The van der Waals surface area contributed by atoms with Gasteiger partial charge in [0.05, 0.1) is 49.1 Å². The number of aliphatic hydroxyl groups excluding tert-OH is 1. The van der Waals surface area contributed by atoms with Gasteiger partial charge < -0.3 is 29.7 Å². The minimum atomic E-state index is -3.70. The molecule has 1 aromatic carbocycles. The fourth-order valence-electron chi connectivity index (χ4n) is 5.71. The van der Waals surface area contributed by atoms with E-state index in [-0.39, 0.29) is 5.91 Å². The van der Waals surface area contributed by atoms with Crippen molar-refractivity contribution in [1.82, 2.24) is 4.98 Å². The molecule has 4 heterocycles. The van der Waals surface area contributed by atoms with Crippen LogP contribution in [0.25, 0.3) is 0 Å². The number of rotatable bonds is 8. The summed E-state index contributed by atoms with van der Waals surface area (Å²) < 4.78 is 38.5. The average Bonchev–Trinajstić information content (AvgIpc) is 3.50. The second-order valence-electron chi connectivity index (χ2n) is 10.8. The van der Waals surface area contributed by atoms with Crippen LogP contribution in [-0.2, 0) is 21.2 Å². The van der Waals surface area contributed by atoms with Gasteiger partial charge in [-0.3, -0.25) is 9.52 Å². The Balaban J connectivity index is 1.29. The van der Waals surface area contributed by atoms with Crippen LogP contribution in [0.4, 0.5) is 23.0 Å². The molecule has 2 saturated heterocycles. The molecule has 39 heavy (non-hydrogen) atoms. The quantitative estimate of drug-likeness (QED) is 0.447. The number of aliphatic hydroxyl groups is 1. The summed E-state index contributed by atoms with van der Waals surface area (Å²) in [6.45, 7) is 4.36. The number of morpholine rings is 1. The summed E-state index contributed by atoms with van der Waals surface area (Å²) in [6.07, 6.45) is 5.39. The molecule has 0 atom stereocenters. The molecule has 1 aromatic heterocycles. The molecule has 1 aliphatic carbocycles. The second kappa shape index (κ2) is 10.5. The number of nitrogens with one attached hydrogen (secondary N) is 2. The lowest BCUT2D eigenvalue weighted by atomic mass is 9.93. The Kier molecular flexibility index (Phi) is 7.02. The van der Waals surface area contributed by atoms with Crippen molar-refractivity contribution in [2.75, 3.05) is 78.2 Å². The molecule has 0 bridgehead atoms. The van der Waals surface area contributed by atoms with Crippen molar-refractivity contribution in [3.63, 3.8) is 0 Å². The van der Waals surface area contributed by atoms with E-state index in [2.05, 4.69) is 19.8 Å². The third kappa shape index (κ3) is 5.64. The van der Waals surface area contributed by atoms with Gasteiger partial charge in [0, 0.05) is 38.2 Å². The Labute approximate surface area is 228 Å². The molecule has 0 unspecified atom stereocenters. The smallest absolute Gasteiger partial charge is 0.258 e. The summed E-state index contributed by atoms with van der Waals surface area (Å²) in [4.78, 5) is 22.8. The number of amides is 1. The highest BCUT2D eigenvalue weighted by Crippen LogP contribution is 2.54. The van der Waals surface area contributed by atoms with Gasteiger partial charge in [-0.25, -0.2) is 13.4 Å².